The van der Waals surface area contributed by atoms with Gasteiger partial charge in [-0.15, -0.1) is 11.3 Å². The topological polar surface area (TPSA) is 31.4 Å². The molecule has 0 aliphatic carbocycles. The molecule has 1 fully saturated rings. The van der Waals surface area contributed by atoms with Gasteiger partial charge in [0.05, 0.1) is 5.69 Å². The van der Waals surface area contributed by atoms with Gasteiger partial charge in [-0.1, -0.05) is 6.92 Å². The van der Waals surface area contributed by atoms with Crippen molar-refractivity contribution < 1.29 is 0 Å². The number of nitrogens with one attached hydrogen (secondary N) is 1. The molecule has 20 heavy (non-hydrogen) atoms. The monoisotopic (exact) mass is 296 g/mol. The van der Waals surface area contributed by atoms with Crippen LogP contribution in [0, 0.1) is 5.92 Å². The van der Waals surface area contributed by atoms with Gasteiger partial charge < -0.3 is 15.1 Å². The van der Waals surface area contributed by atoms with Crippen molar-refractivity contribution in [3.63, 3.8) is 0 Å². The van der Waals surface area contributed by atoms with Crippen molar-refractivity contribution >= 4 is 11.3 Å². The molecule has 0 spiro atoms. The summed E-state index contributed by atoms with van der Waals surface area (Å²) in [7, 11) is 4.43. The molecule has 0 amide bonds. The van der Waals surface area contributed by atoms with Crippen LogP contribution in [0.2, 0.25) is 0 Å². The van der Waals surface area contributed by atoms with E-state index >= 15 is 0 Å². The summed E-state index contributed by atoms with van der Waals surface area (Å²) < 4.78 is 0. The summed E-state index contributed by atoms with van der Waals surface area (Å²) in [6, 6.07) is 0. The minimum atomic E-state index is 0.828. The number of hydrogen-bond acceptors (Lipinski definition) is 5. The second-order valence-electron chi connectivity index (χ2n) is 6.02. The van der Waals surface area contributed by atoms with Crippen molar-refractivity contribution in [2.45, 2.75) is 32.9 Å². The van der Waals surface area contributed by atoms with Gasteiger partial charge in [0.2, 0.25) is 0 Å². The third kappa shape index (κ3) is 5.13. The smallest absolute Gasteiger partial charge is 0.107 e. The largest absolute Gasteiger partial charge is 0.310 e. The fourth-order valence-electron chi connectivity index (χ4n) is 2.83. The number of thiazole rings is 1. The third-order valence-electron chi connectivity index (χ3n) is 3.79. The fraction of sp³-hybridized carbons (Fsp3) is 0.800. The first-order valence-electron chi connectivity index (χ1n) is 7.68. The minimum absolute atomic E-state index is 0.828. The molecule has 0 aromatic carbocycles. The zero-order chi connectivity index (χ0) is 14.4. The van der Waals surface area contributed by atoms with E-state index in [1.54, 1.807) is 11.3 Å². The van der Waals surface area contributed by atoms with Crippen LogP contribution in [0.25, 0.3) is 0 Å². The van der Waals surface area contributed by atoms with Gasteiger partial charge in [-0.25, -0.2) is 4.98 Å². The Bertz CT molecular complexity index is 393. The van der Waals surface area contributed by atoms with Crippen LogP contribution in [0.5, 0.6) is 0 Å². The fourth-order valence-corrected chi connectivity index (χ4v) is 3.59. The van der Waals surface area contributed by atoms with E-state index < -0.39 is 0 Å². The Morgan fingerprint density at radius 3 is 3.10 bits per heavy atom. The molecule has 1 atom stereocenters. The molecule has 1 aromatic heterocycles. The molecule has 5 heteroatoms. The Hall–Kier alpha value is -0.490. The molecule has 1 aliphatic rings. The van der Waals surface area contributed by atoms with Gasteiger partial charge in [0.15, 0.2) is 0 Å². The van der Waals surface area contributed by atoms with Crippen molar-refractivity contribution in [2.24, 2.45) is 5.92 Å². The number of rotatable bonds is 8. The highest BCUT2D eigenvalue weighted by Gasteiger charge is 2.20. The van der Waals surface area contributed by atoms with Gasteiger partial charge in [0, 0.05) is 31.6 Å². The lowest BCUT2D eigenvalue weighted by Crippen LogP contribution is -2.27. The predicted molar refractivity (Wildman–Crippen MR) is 86.0 cm³/mol. The second kappa shape index (κ2) is 8.08. The van der Waals surface area contributed by atoms with Crippen LogP contribution in [0.3, 0.4) is 0 Å². The molecule has 114 valence electrons. The zero-order valence-electron chi connectivity index (χ0n) is 13.1. The first-order valence-corrected chi connectivity index (χ1v) is 8.56. The van der Waals surface area contributed by atoms with Gasteiger partial charge in [0.1, 0.15) is 5.01 Å². The predicted octanol–water partition coefficient (Wildman–Crippen LogP) is 2.03. The Morgan fingerprint density at radius 1 is 1.55 bits per heavy atom. The second-order valence-corrected chi connectivity index (χ2v) is 6.97. The maximum atomic E-state index is 4.72. The van der Waals surface area contributed by atoms with E-state index in [4.69, 9.17) is 4.98 Å². The summed E-state index contributed by atoms with van der Waals surface area (Å²) in [6.07, 6.45) is 2.51. The summed E-state index contributed by atoms with van der Waals surface area (Å²) in [5.74, 6) is 0.828. The summed E-state index contributed by atoms with van der Waals surface area (Å²) in [6.45, 7) is 8.83. The highest BCUT2D eigenvalue weighted by Crippen LogP contribution is 2.17. The van der Waals surface area contributed by atoms with Crippen molar-refractivity contribution in [1.29, 1.82) is 0 Å². The van der Waals surface area contributed by atoms with Crippen molar-refractivity contribution in [1.82, 2.24) is 20.1 Å². The maximum Gasteiger partial charge on any atom is 0.107 e. The summed E-state index contributed by atoms with van der Waals surface area (Å²) in [4.78, 5) is 9.56. The maximum absolute atomic E-state index is 4.72. The summed E-state index contributed by atoms with van der Waals surface area (Å²) in [5.41, 5.74) is 1.22. The van der Waals surface area contributed by atoms with Crippen LogP contribution in [0.4, 0.5) is 0 Å². The Kier molecular flexibility index (Phi) is 6.42. The summed E-state index contributed by atoms with van der Waals surface area (Å²) in [5, 5.41) is 6.83. The van der Waals surface area contributed by atoms with E-state index in [0.717, 1.165) is 25.6 Å². The van der Waals surface area contributed by atoms with Crippen LogP contribution in [0.15, 0.2) is 5.38 Å². The summed E-state index contributed by atoms with van der Waals surface area (Å²) >= 11 is 1.78. The van der Waals surface area contributed by atoms with Crippen LogP contribution in [-0.4, -0.2) is 55.1 Å². The molecule has 0 saturated carbocycles. The normalized spacial score (nSPS) is 20.1. The van der Waals surface area contributed by atoms with E-state index in [0.29, 0.717) is 0 Å². The first kappa shape index (κ1) is 15.9. The number of likely N-dealkylation sites (tertiary alicyclic amines) is 1. The number of aromatic nitrogens is 1. The Labute approximate surface area is 127 Å². The van der Waals surface area contributed by atoms with Gasteiger partial charge in [0.25, 0.3) is 0 Å². The molecule has 2 heterocycles. The van der Waals surface area contributed by atoms with E-state index in [9.17, 15) is 0 Å². The van der Waals surface area contributed by atoms with E-state index in [-0.39, 0.29) is 0 Å². The first-order chi connectivity index (χ1) is 9.67. The van der Waals surface area contributed by atoms with Crippen LogP contribution < -0.4 is 5.32 Å². The average molecular weight is 296 g/mol. The van der Waals surface area contributed by atoms with Crippen LogP contribution in [0.1, 0.15) is 30.5 Å². The highest BCUT2D eigenvalue weighted by molar-refractivity contribution is 7.09. The zero-order valence-corrected chi connectivity index (χ0v) is 13.9. The van der Waals surface area contributed by atoms with Gasteiger partial charge in [-0.3, -0.25) is 0 Å². The lowest BCUT2D eigenvalue weighted by molar-refractivity contribution is 0.265. The molecule has 2 rings (SSSR count). The highest BCUT2D eigenvalue weighted by atomic mass is 32.1. The lowest BCUT2D eigenvalue weighted by atomic mass is 10.1. The van der Waals surface area contributed by atoms with E-state index in [1.807, 2.05) is 0 Å². The Morgan fingerprint density at radius 2 is 2.40 bits per heavy atom. The lowest BCUT2D eigenvalue weighted by Gasteiger charge is -2.19. The molecule has 4 nitrogen and oxygen atoms in total. The quantitative estimate of drug-likeness (QED) is 0.744. The molecule has 1 N–H and O–H groups in total. The minimum Gasteiger partial charge on any atom is -0.310 e. The molecule has 0 bridgehead atoms. The Balaban J connectivity index is 1.72. The average Bonchev–Trinajstić information content (AvgIpc) is 2.99. The standard InChI is InChI=1S/C15H28N4S/c1-4-6-16-8-15-17-14(12-20-15)11-19(3)10-13-5-7-18(2)9-13/h12-13,16H,4-11H2,1-3H3. The third-order valence-corrected chi connectivity index (χ3v) is 4.69. The number of hydrogen-bond donors (Lipinski definition) is 1. The molecule has 0 radical (unpaired) electrons. The number of nitrogens with zero attached hydrogens (tertiary/aromatic N) is 3. The SMILES string of the molecule is CCCNCc1nc(CN(C)CC2CCN(C)C2)cs1. The molecule has 1 saturated heterocycles. The molecule has 1 aromatic rings. The van der Waals surface area contributed by atoms with E-state index in [1.165, 1.54) is 43.2 Å². The molecular formula is C15H28N4S. The van der Waals surface area contributed by atoms with Gasteiger partial charge in [-0.05, 0) is 45.9 Å². The van der Waals surface area contributed by atoms with Gasteiger partial charge >= 0.3 is 0 Å². The van der Waals surface area contributed by atoms with Crippen LogP contribution in [-0.2, 0) is 13.1 Å². The van der Waals surface area contributed by atoms with Crippen molar-refractivity contribution in [2.75, 3.05) is 40.3 Å². The molecule has 1 aliphatic heterocycles. The van der Waals surface area contributed by atoms with E-state index in [2.05, 4.69) is 41.5 Å². The molecule has 1 unspecified atom stereocenters. The molecular weight excluding hydrogens is 268 g/mol. The van der Waals surface area contributed by atoms with Gasteiger partial charge in [-0.2, -0.15) is 0 Å². The van der Waals surface area contributed by atoms with Crippen molar-refractivity contribution in [3.05, 3.63) is 16.1 Å². The van der Waals surface area contributed by atoms with Crippen LogP contribution >= 0.6 is 11.3 Å². The van der Waals surface area contributed by atoms with Crippen molar-refractivity contribution in [3.8, 4) is 0 Å².